The molecule has 1 N–H and O–H groups in total. The number of aryl methyl sites for hydroxylation is 2. The number of likely N-dealkylation sites (N-methyl/N-ethyl adjacent to an activating group) is 1. The molecule has 1 atom stereocenters. The highest BCUT2D eigenvalue weighted by molar-refractivity contribution is 5.54. The second-order valence-electron chi connectivity index (χ2n) is 4.81. The fourth-order valence-electron chi connectivity index (χ4n) is 2.08. The molecule has 1 rings (SSSR count). The van der Waals surface area contributed by atoms with Crippen molar-refractivity contribution in [3.05, 3.63) is 29.3 Å². The van der Waals surface area contributed by atoms with E-state index in [-0.39, 0.29) is 6.04 Å². The number of hydrogen-bond acceptors (Lipinski definition) is 3. The molecule has 0 saturated heterocycles. The average Bonchev–Trinajstić information content (AvgIpc) is 2.34. The SMILES string of the molecule is CCCNC(C#N)CN(C)c1ccc(C)cc1C. The van der Waals surface area contributed by atoms with Crippen LogP contribution in [-0.2, 0) is 0 Å². The van der Waals surface area contributed by atoms with Crippen LogP contribution in [0.2, 0.25) is 0 Å². The lowest BCUT2D eigenvalue weighted by atomic mass is 10.1. The molecule has 0 fully saturated rings. The van der Waals surface area contributed by atoms with Gasteiger partial charge in [-0.05, 0) is 38.4 Å². The third-order valence-corrected chi connectivity index (χ3v) is 3.02. The van der Waals surface area contributed by atoms with Gasteiger partial charge in [0, 0.05) is 19.3 Å². The first-order chi connectivity index (χ1) is 8.58. The Labute approximate surface area is 110 Å². The van der Waals surface area contributed by atoms with Crippen LogP contribution in [0.1, 0.15) is 24.5 Å². The van der Waals surface area contributed by atoms with Gasteiger partial charge in [0.25, 0.3) is 0 Å². The van der Waals surface area contributed by atoms with E-state index in [1.54, 1.807) is 0 Å². The van der Waals surface area contributed by atoms with Gasteiger partial charge < -0.3 is 10.2 Å². The number of rotatable bonds is 6. The molecule has 0 aliphatic carbocycles. The molecule has 0 spiro atoms. The average molecular weight is 245 g/mol. The second-order valence-corrected chi connectivity index (χ2v) is 4.81. The van der Waals surface area contributed by atoms with Crippen LogP contribution >= 0.6 is 0 Å². The summed E-state index contributed by atoms with van der Waals surface area (Å²) in [7, 11) is 2.04. The normalized spacial score (nSPS) is 11.9. The quantitative estimate of drug-likeness (QED) is 0.837. The van der Waals surface area contributed by atoms with Crippen molar-refractivity contribution in [2.45, 2.75) is 33.2 Å². The minimum absolute atomic E-state index is 0.115. The third kappa shape index (κ3) is 4.05. The lowest BCUT2D eigenvalue weighted by molar-refractivity contribution is 0.591. The Hall–Kier alpha value is -1.53. The lowest BCUT2D eigenvalue weighted by Crippen LogP contribution is -2.39. The lowest BCUT2D eigenvalue weighted by Gasteiger charge is -2.24. The van der Waals surface area contributed by atoms with Crippen LogP contribution in [-0.4, -0.2) is 26.2 Å². The van der Waals surface area contributed by atoms with Crippen molar-refractivity contribution in [3.8, 4) is 6.07 Å². The van der Waals surface area contributed by atoms with E-state index in [1.807, 2.05) is 7.05 Å². The summed E-state index contributed by atoms with van der Waals surface area (Å²) >= 11 is 0. The Morgan fingerprint density at radius 1 is 1.39 bits per heavy atom. The predicted molar refractivity (Wildman–Crippen MR) is 76.9 cm³/mol. The smallest absolute Gasteiger partial charge is 0.113 e. The first-order valence-electron chi connectivity index (χ1n) is 6.49. The van der Waals surface area contributed by atoms with Crippen molar-refractivity contribution < 1.29 is 0 Å². The predicted octanol–water partition coefficient (Wildman–Crippen LogP) is 2.63. The van der Waals surface area contributed by atoms with Crippen LogP contribution in [0.15, 0.2) is 18.2 Å². The number of nitrogens with zero attached hydrogens (tertiary/aromatic N) is 2. The summed E-state index contributed by atoms with van der Waals surface area (Å²) in [5, 5.41) is 12.4. The van der Waals surface area contributed by atoms with E-state index < -0.39 is 0 Å². The van der Waals surface area contributed by atoms with Crippen LogP contribution in [0.4, 0.5) is 5.69 Å². The molecule has 0 aromatic heterocycles. The summed E-state index contributed by atoms with van der Waals surface area (Å²) in [5.41, 5.74) is 3.72. The maximum atomic E-state index is 9.12. The van der Waals surface area contributed by atoms with Gasteiger partial charge in [-0.2, -0.15) is 5.26 Å². The van der Waals surface area contributed by atoms with Gasteiger partial charge in [0.2, 0.25) is 0 Å². The van der Waals surface area contributed by atoms with E-state index >= 15 is 0 Å². The van der Waals surface area contributed by atoms with Gasteiger partial charge in [-0.1, -0.05) is 24.6 Å². The molecular weight excluding hydrogens is 222 g/mol. The molecule has 1 aromatic carbocycles. The number of nitriles is 1. The maximum Gasteiger partial charge on any atom is 0.113 e. The molecule has 0 heterocycles. The van der Waals surface area contributed by atoms with E-state index in [2.05, 4.69) is 55.3 Å². The molecule has 0 bridgehead atoms. The Balaban J connectivity index is 2.69. The Morgan fingerprint density at radius 2 is 2.11 bits per heavy atom. The van der Waals surface area contributed by atoms with Gasteiger partial charge in [0.05, 0.1) is 6.07 Å². The molecule has 0 aliphatic heterocycles. The molecule has 0 amide bonds. The maximum absolute atomic E-state index is 9.12. The van der Waals surface area contributed by atoms with Crippen molar-refractivity contribution in [2.75, 3.05) is 25.0 Å². The molecule has 1 aromatic rings. The minimum atomic E-state index is -0.115. The van der Waals surface area contributed by atoms with Gasteiger partial charge in [-0.3, -0.25) is 0 Å². The zero-order valence-corrected chi connectivity index (χ0v) is 11.8. The van der Waals surface area contributed by atoms with E-state index in [4.69, 9.17) is 5.26 Å². The fraction of sp³-hybridized carbons (Fsp3) is 0.533. The molecular formula is C15H23N3. The molecule has 98 valence electrons. The van der Waals surface area contributed by atoms with Gasteiger partial charge in [-0.15, -0.1) is 0 Å². The summed E-state index contributed by atoms with van der Waals surface area (Å²) in [6, 6.07) is 8.61. The first-order valence-corrected chi connectivity index (χ1v) is 6.49. The fourth-order valence-corrected chi connectivity index (χ4v) is 2.08. The summed E-state index contributed by atoms with van der Waals surface area (Å²) in [6.07, 6.45) is 1.05. The van der Waals surface area contributed by atoms with Crippen LogP contribution in [0.5, 0.6) is 0 Å². The molecule has 0 saturated carbocycles. The number of anilines is 1. The number of nitrogens with one attached hydrogen (secondary N) is 1. The van der Waals surface area contributed by atoms with E-state index in [0.29, 0.717) is 6.54 Å². The third-order valence-electron chi connectivity index (χ3n) is 3.02. The Morgan fingerprint density at radius 3 is 2.67 bits per heavy atom. The van der Waals surface area contributed by atoms with E-state index in [0.717, 1.165) is 13.0 Å². The highest BCUT2D eigenvalue weighted by Gasteiger charge is 2.11. The molecule has 1 unspecified atom stereocenters. The van der Waals surface area contributed by atoms with Crippen LogP contribution in [0.3, 0.4) is 0 Å². The van der Waals surface area contributed by atoms with E-state index in [1.165, 1.54) is 16.8 Å². The Kier molecular flexibility index (Phi) is 5.67. The molecule has 0 radical (unpaired) electrons. The monoisotopic (exact) mass is 245 g/mol. The highest BCUT2D eigenvalue weighted by atomic mass is 15.1. The first kappa shape index (κ1) is 14.5. The van der Waals surface area contributed by atoms with Crippen molar-refractivity contribution in [2.24, 2.45) is 0 Å². The van der Waals surface area contributed by atoms with Gasteiger partial charge in [0.15, 0.2) is 0 Å². The summed E-state index contributed by atoms with van der Waals surface area (Å²) in [5.74, 6) is 0. The number of benzene rings is 1. The van der Waals surface area contributed by atoms with E-state index in [9.17, 15) is 0 Å². The summed E-state index contributed by atoms with van der Waals surface area (Å²) in [4.78, 5) is 2.14. The van der Waals surface area contributed by atoms with Crippen LogP contribution in [0.25, 0.3) is 0 Å². The molecule has 18 heavy (non-hydrogen) atoms. The van der Waals surface area contributed by atoms with Gasteiger partial charge in [-0.25, -0.2) is 0 Å². The molecule has 3 nitrogen and oxygen atoms in total. The van der Waals surface area contributed by atoms with Gasteiger partial charge >= 0.3 is 0 Å². The second kappa shape index (κ2) is 7.03. The van der Waals surface area contributed by atoms with Crippen LogP contribution < -0.4 is 10.2 Å². The van der Waals surface area contributed by atoms with Gasteiger partial charge in [0.1, 0.15) is 6.04 Å². The Bertz CT molecular complexity index is 420. The van der Waals surface area contributed by atoms with Crippen molar-refractivity contribution >= 4 is 5.69 Å². The van der Waals surface area contributed by atoms with Crippen molar-refractivity contribution in [3.63, 3.8) is 0 Å². The number of hydrogen-bond donors (Lipinski definition) is 1. The summed E-state index contributed by atoms with van der Waals surface area (Å²) < 4.78 is 0. The summed E-state index contributed by atoms with van der Waals surface area (Å²) in [6.45, 7) is 7.91. The van der Waals surface area contributed by atoms with Crippen molar-refractivity contribution in [1.82, 2.24) is 5.32 Å². The minimum Gasteiger partial charge on any atom is -0.372 e. The largest absolute Gasteiger partial charge is 0.372 e. The molecule has 0 aliphatic rings. The molecule has 3 heteroatoms. The zero-order valence-electron chi connectivity index (χ0n) is 11.8. The topological polar surface area (TPSA) is 39.1 Å². The highest BCUT2D eigenvalue weighted by Crippen LogP contribution is 2.19. The zero-order chi connectivity index (χ0) is 13.5. The van der Waals surface area contributed by atoms with Crippen molar-refractivity contribution in [1.29, 1.82) is 5.26 Å². The standard InChI is InChI=1S/C15H23N3/c1-5-8-17-14(10-16)11-18(4)15-7-6-12(2)9-13(15)3/h6-7,9,14,17H,5,8,11H2,1-4H3. The van der Waals surface area contributed by atoms with Crippen LogP contribution in [0, 0.1) is 25.2 Å².